The van der Waals surface area contributed by atoms with Gasteiger partial charge in [-0.05, 0) is 24.5 Å². The normalized spacial score (nSPS) is 22.4. The first-order valence-corrected chi connectivity index (χ1v) is 6.84. The Morgan fingerprint density at radius 3 is 2.62 bits per heavy atom. The molecule has 0 heterocycles. The molecule has 1 aromatic rings. The van der Waals surface area contributed by atoms with Gasteiger partial charge in [0.2, 0.25) is 0 Å². The van der Waals surface area contributed by atoms with Crippen LogP contribution >= 0.6 is 15.9 Å². The second kappa shape index (κ2) is 3.69. The van der Waals surface area contributed by atoms with Crippen LogP contribution < -0.4 is 0 Å². The maximum absolute atomic E-state index is 12.1. The van der Waals surface area contributed by atoms with Gasteiger partial charge in [-0.2, -0.15) is 0 Å². The minimum Gasteiger partial charge on any atom is -0.294 e. The van der Waals surface area contributed by atoms with Crippen molar-refractivity contribution in [1.29, 1.82) is 0 Å². The van der Waals surface area contributed by atoms with Crippen molar-refractivity contribution >= 4 is 21.7 Å². The molecule has 0 bridgehead atoms. The molecule has 0 radical (unpaired) electrons. The number of halogens is 1. The van der Waals surface area contributed by atoms with Crippen molar-refractivity contribution in [3.63, 3.8) is 0 Å². The Bertz CT molecular complexity index is 444. The van der Waals surface area contributed by atoms with Crippen LogP contribution in [-0.2, 0) is 5.41 Å². The number of Topliss-reactive ketones (excluding diaryl/α,β-unsaturated/α-hetero) is 1. The molecule has 0 unspecified atom stereocenters. The molecule has 1 nitrogen and oxygen atoms in total. The molecule has 2 heteroatoms. The number of carbonyl (C=O) groups excluding carboxylic acids is 1. The maximum Gasteiger partial charge on any atom is 0.164 e. The smallest absolute Gasteiger partial charge is 0.164 e. The lowest BCUT2D eigenvalue weighted by Crippen LogP contribution is -2.26. The Balaban J connectivity index is 2.16. The quantitative estimate of drug-likeness (QED) is 0.694. The summed E-state index contributed by atoms with van der Waals surface area (Å²) >= 11 is 3.63. The van der Waals surface area contributed by atoms with Gasteiger partial charge in [-0.1, -0.05) is 47.3 Å². The molecule has 84 valence electrons. The Labute approximate surface area is 104 Å². The monoisotopic (exact) mass is 278 g/mol. The summed E-state index contributed by atoms with van der Waals surface area (Å²) in [5, 5.41) is 0. The Morgan fingerprint density at radius 1 is 1.12 bits per heavy atom. The fraction of sp³-hybridized carbons (Fsp3) is 0.500. The average Bonchev–Trinajstić information content (AvgIpc) is 2.55. The third-order valence-corrected chi connectivity index (χ3v) is 4.81. The molecule has 0 aliphatic heterocycles. The molecular weight excluding hydrogens is 264 g/mol. The van der Waals surface area contributed by atoms with Gasteiger partial charge in [0.05, 0.1) is 0 Å². The van der Waals surface area contributed by atoms with Gasteiger partial charge in [0.25, 0.3) is 0 Å². The summed E-state index contributed by atoms with van der Waals surface area (Å²) in [4.78, 5) is 12.1. The van der Waals surface area contributed by atoms with Gasteiger partial charge in [0, 0.05) is 21.9 Å². The summed E-state index contributed by atoms with van der Waals surface area (Å²) in [7, 11) is 0. The third kappa shape index (κ3) is 1.39. The zero-order valence-corrected chi connectivity index (χ0v) is 10.8. The first-order valence-electron chi connectivity index (χ1n) is 6.05. The molecule has 0 N–H and O–H groups in total. The summed E-state index contributed by atoms with van der Waals surface area (Å²) in [5.74, 6) is 0.346. The van der Waals surface area contributed by atoms with E-state index in [1.165, 1.54) is 37.7 Å². The topological polar surface area (TPSA) is 17.1 Å². The first-order chi connectivity index (χ1) is 7.73. The highest BCUT2D eigenvalue weighted by Gasteiger charge is 2.44. The van der Waals surface area contributed by atoms with Crippen molar-refractivity contribution in [2.75, 3.05) is 0 Å². The summed E-state index contributed by atoms with van der Waals surface area (Å²) in [6.45, 7) is 0. The van der Waals surface area contributed by atoms with Crippen molar-refractivity contribution < 1.29 is 4.79 Å². The van der Waals surface area contributed by atoms with E-state index < -0.39 is 0 Å². The van der Waals surface area contributed by atoms with E-state index in [0.717, 1.165) is 16.5 Å². The van der Waals surface area contributed by atoms with E-state index in [1.54, 1.807) is 0 Å². The molecule has 1 saturated carbocycles. The van der Waals surface area contributed by atoms with E-state index in [2.05, 4.69) is 22.0 Å². The van der Waals surface area contributed by atoms with Crippen molar-refractivity contribution in [3.05, 3.63) is 33.8 Å². The van der Waals surface area contributed by atoms with Crippen LogP contribution in [0.5, 0.6) is 0 Å². The lowest BCUT2D eigenvalue weighted by molar-refractivity contribution is 0.0962. The van der Waals surface area contributed by atoms with E-state index in [0.29, 0.717) is 5.78 Å². The Morgan fingerprint density at radius 2 is 1.88 bits per heavy atom. The SMILES string of the molecule is O=C1CC2(CCCCC2)c2c(Br)cccc21. The van der Waals surface area contributed by atoms with Crippen LogP contribution in [0.3, 0.4) is 0 Å². The van der Waals surface area contributed by atoms with E-state index in [9.17, 15) is 4.79 Å². The standard InChI is InChI=1S/C14H15BrO/c15-11-6-4-5-10-12(16)9-14(13(10)11)7-2-1-3-8-14/h4-6H,1-3,7-9H2. The van der Waals surface area contributed by atoms with Crippen molar-refractivity contribution in [1.82, 2.24) is 0 Å². The first kappa shape index (κ1) is 10.5. The van der Waals surface area contributed by atoms with E-state index in [1.807, 2.05) is 12.1 Å². The molecule has 2 aliphatic rings. The van der Waals surface area contributed by atoms with E-state index in [-0.39, 0.29) is 5.41 Å². The molecule has 0 atom stereocenters. The summed E-state index contributed by atoms with van der Waals surface area (Å²) in [6.07, 6.45) is 6.99. The van der Waals surface area contributed by atoms with Crippen molar-refractivity contribution in [2.24, 2.45) is 0 Å². The maximum atomic E-state index is 12.1. The number of hydrogen-bond donors (Lipinski definition) is 0. The number of hydrogen-bond acceptors (Lipinski definition) is 1. The van der Waals surface area contributed by atoms with Crippen LogP contribution in [0, 0.1) is 0 Å². The van der Waals surface area contributed by atoms with Gasteiger partial charge in [-0.3, -0.25) is 4.79 Å². The van der Waals surface area contributed by atoms with Crippen LogP contribution in [0.1, 0.15) is 54.4 Å². The van der Waals surface area contributed by atoms with Crippen LogP contribution in [0.4, 0.5) is 0 Å². The number of fused-ring (bicyclic) bond motifs is 2. The molecule has 0 saturated heterocycles. The zero-order chi connectivity index (χ0) is 11.2. The van der Waals surface area contributed by atoms with Gasteiger partial charge < -0.3 is 0 Å². The van der Waals surface area contributed by atoms with Gasteiger partial charge in [0.1, 0.15) is 0 Å². The average molecular weight is 279 g/mol. The van der Waals surface area contributed by atoms with Crippen LogP contribution in [0.15, 0.2) is 22.7 Å². The summed E-state index contributed by atoms with van der Waals surface area (Å²) in [5.41, 5.74) is 2.45. The number of benzene rings is 1. The number of carbonyl (C=O) groups is 1. The van der Waals surface area contributed by atoms with Gasteiger partial charge in [-0.15, -0.1) is 0 Å². The van der Waals surface area contributed by atoms with Gasteiger partial charge in [-0.25, -0.2) is 0 Å². The minimum absolute atomic E-state index is 0.171. The molecule has 3 rings (SSSR count). The molecule has 0 aromatic heterocycles. The van der Waals surface area contributed by atoms with Crippen LogP contribution in [-0.4, -0.2) is 5.78 Å². The minimum atomic E-state index is 0.171. The fourth-order valence-electron chi connectivity index (χ4n) is 3.44. The fourth-order valence-corrected chi connectivity index (χ4v) is 4.23. The molecule has 1 fully saturated rings. The molecule has 16 heavy (non-hydrogen) atoms. The predicted molar refractivity (Wildman–Crippen MR) is 67.9 cm³/mol. The Kier molecular flexibility index (Phi) is 2.43. The highest BCUT2D eigenvalue weighted by Crippen LogP contribution is 2.50. The lowest BCUT2D eigenvalue weighted by atomic mass is 9.70. The second-order valence-corrected chi connectivity index (χ2v) is 5.96. The van der Waals surface area contributed by atoms with Crippen LogP contribution in [0.2, 0.25) is 0 Å². The van der Waals surface area contributed by atoms with E-state index in [4.69, 9.17) is 0 Å². The lowest BCUT2D eigenvalue weighted by Gasteiger charge is -2.34. The highest BCUT2D eigenvalue weighted by molar-refractivity contribution is 9.10. The molecular formula is C14H15BrO. The van der Waals surface area contributed by atoms with Crippen LogP contribution in [0.25, 0.3) is 0 Å². The molecule has 2 aliphatic carbocycles. The van der Waals surface area contributed by atoms with Crippen molar-refractivity contribution in [3.8, 4) is 0 Å². The third-order valence-electron chi connectivity index (χ3n) is 4.15. The molecule has 1 spiro atoms. The number of rotatable bonds is 0. The van der Waals surface area contributed by atoms with E-state index >= 15 is 0 Å². The predicted octanol–water partition coefficient (Wildman–Crippen LogP) is 4.24. The highest BCUT2D eigenvalue weighted by atomic mass is 79.9. The zero-order valence-electron chi connectivity index (χ0n) is 9.26. The summed E-state index contributed by atoms with van der Waals surface area (Å²) < 4.78 is 1.14. The summed E-state index contributed by atoms with van der Waals surface area (Å²) in [6, 6.07) is 6.04. The Hall–Kier alpha value is -0.630. The number of ketones is 1. The second-order valence-electron chi connectivity index (χ2n) is 5.10. The van der Waals surface area contributed by atoms with Crippen molar-refractivity contribution in [2.45, 2.75) is 43.9 Å². The molecule has 1 aromatic carbocycles. The molecule has 0 amide bonds. The van der Waals surface area contributed by atoms with Gasteiger partial charge >= 0.3 is 0 Å². The van der Waals surface area contributed by atoms with Gasteiger partial charge in [0.15, 0.2) is 5.78 Å². The largest absolute Gasteiger partial charge is 0.294 e.